The highest BCUT2D eigenvalue weighted by molar-refractivity contribution is 5.32. The van der Waals surface area contributed by atoms with E-state index in [1.165, 1.54) is 16.7 Å². The third kappa shape index (κ3) is 2.13. The number of rotatable bonds is 2. The Hall–Kier alpha value is -0.860. The zero-order valence-electron chi connectivity index (χ0n) is 10.4. The summed E-state index contributed by atoms with van der Waals surface area (Å²) in [5, 5.41) is 0. The summed E-state index contributed by atoms with van der Waals surface area (Å²) < 4.78 is 5.58. The second-order valence-corrected chi connectivity index (χ2v) is 4.90. The van der Waals surface area contributed by atoms with Gasteiger partial charge in [0.05, 0.1) is 6.10 Å². The van der Waals surface area contributed by atoms with Crippen LogP contribution in [0.2, 0.25) is 0 Å². The summed E-state index contributed by atoms with van der Waals surface area (Å²) in [6.45, 7) is 7.25. The van der Waals surface area contributed by atoms with E-state index in [-0.39, 0.29) is 12.1 Å². The molecule has 2 N–H and O–H groups in total. The lowest BCUT2D eigenvalue weighted by Crippen LogP contribution is -2.26. The Morgan fingerprint density at radius 3 is 2.62 bits per heavy atom. The van der Waals surface area contributed by atoms with Crippen molar-refractivity contribution in [2.24, 2.45) is 11.7 Å². The van der Waals surface area contributed by atoms with Gasteiger partial charge in [0.1, 0.15) is 0 Å². The fourth-order valence-electron chi connectivity index (χ4n) is 2.44. The van der Waals surface area contributed by atoms with Crippen molar-refractivity contribution in [3.8, 4) is 0 Å². The van der Waals surface area contributed by atoms with Crippen LogP contribution in [0.25, 0.3) is 0 Å². The summed E-state index contributed by atoms with van der Waals surface area (Å²) in [5.41, 5.74) is 10.2. The zero-order chi connectivity index (χ0) is 11.7. The molecule has 1 aromatic carbocycles. The summed E-state index contributed by atoms with van der Waals surface area (Å²) >= 11 is 0. The Kier molecular flexibility index (Phi) is 3.31. The molecule has 1 aliphatic heterocycles. The van der Waals surface area contributed by atoms with Gasteiger partial charge in [-0.25, -0.2) is 0 Å². The molecule has 0 bridgehead atoms. The van der Waals surface area contributed by atoms with Gasteiger partial charge in [-0.05, 0) is 43.9 Å². The van der Waals surface area contributed by atoms with Crippen LogP contribution in [0.1, 0.15) is 36.1 Å². The van der Waals surface area contributed by atoms with Gasteiger partial charge in [0, 0.05) is 18.6 Å². The van der Waals surface area contributed by atoms with Crippen molar-refractivity contribution < 1.29 is 4.74 Å². The predicted molar refractivity (Wildman–Crippen MR) is 66.4 cm³/mol. The van der Waals surface area contributed by atoms with Crippen LogP contribution >= 0.6 is 0 Å². The number of nitrogens with two attached hydrogens (primary N) is 1. The molecule has 3 atom stereocenters. The van der Waals surface area contributed by atoms with Crippen LogP contribution in [0, 0.1) is 19.8 Å². The lowest BCUT2D eigenvalue weighted by Gasteiger charge is -2.23. The van der Waals surface area contributed by atoms with Crippen molar-refractivity contribution in [3.05, 3.63) is 34.9 Å². The molecule has 0 radical (unpaired) electrons. The van der Waals surface area contributed by atoms with Gasteiger partial charge >= 0.3 is 0 Å². The number of hydrogen-bond donors (Lipinski definition) is 1. The second kappa shape index (κ2) is 4.56. The largest absolute Gasteiger partial charge is 0.378 e. The normalized spacial score (nSPS) is 27.0. The van der Waals surface area contributed by atoms with Crippen LogP contribution < -0.4 is 5.73 Å². The van der Waals surface area contributed by atoms with E-state index in [4.69, 9.17) is 10.5 Å². The van der Waals surface area contributed by atoms with Crippen molar-refractivity contribution >= 4 is 0 Å². The minimum Gasteiger partial charge on any atom is -0.378 e. The summed E-state index contributed by atoms with van der Waals surface area (Å²) in [7, 11) is 0. The van der Waals surface area contributed by atoms with Gasteiger partial charge in [0.15, 0.2) is 0 Å². The average Bonchev–Trinajstić information content (AvgIpc) is 2.67. The maximum absolute atomic E-state index is 6.33. The quantitative estimate of drug-likeness (QED) is 0.830. The molecule has 16 heavy (non-hydrogen) atoms. The van der Waals surface area contributed by atoms with Gasteiger partial charge in [-0.2, -0.15) is 0 Å². The standard InChI is InChI=1S/C14H21NO/c1-9-4-5-12(8-10(9)2)14(15)13-6-7-16-11(13)3/h4-5,8,11,13-14H,6-7,15H2,1-3H3. The fourth-order valence-corrected chi connectivity index (χ4v) is 2.44. The van der Waals surface area contributed by atoms with Crippen molar-refractivity contribution in [2.45, 2.75) is 39.3 Å². The van der Waals surface area contributed by atoms with Gasteiger partial charge in [-0.3, -0.25) is 0 Å². The monoisotopic (exact) mass is 219 g/mol. The summed E-state index contributed by atoms with van der Waals surface area (Å²) in [6.07, 6.45) is 1.37. The van der Waals surface area contributed by atoms with E-state index in [0.29, 0.717) is 5.92 Å². The first-order valence-electron chi connectivity index (χ1n) is 6.04. The van der Waals surface area contributed by atoms with Gasteiger partial charge in [0.2, 0.25) is 0 Å². The fraction of sp³-hybridized carbons (Fsp3) is 0.571. The van der Waals surface area contributed by atoms with Gasteiger partial charge in [-0.1, -0.05) is 18.2 Å². The molecule has 2 nitrogen and oxygen atoms in total. The Balaban J connectivity index is 2.20. The first-order chi connectivity index (χ1) is 7.59. The molecule has 0 spiro atoms. The van der Waals surface area contributed by atoms with Crippen molar-refractivity contribution in [1.29, 1.82) is 0 Å². The van der Waals surface area contributed by atoms with Gasteiger partial charge in [-0.15, -0.1) is 0 Å². The van der Waals surface area contributed by atoms with Crippen molar-refractivity contribution in [1.82, 2.24) is 0 Å². The van der Waals surface area contributed by atoms with E-state index in [1.807, 2.05) is 0 Å². The SMILES string of the molecule is Cc1ccc(C(N)C2CCOC2C)cc1C. The Morgan fingerprint density at radius 1 is 1.31 bits per heavy atom. The van der Waals surface area contributed by atoms with E-state index >= 15 is 0 Å². The highest BCUT2D eigenvalue weighted by Crippen LogP contribution is 2.32. The lowest BCUT2D eigenvalue weighted by molar-refractivity contribution is 0.0995. The van der Waals surface area contributed by atoms with Crippen molar-refractivity contribution in [3.63, 3.8) is 0 Å². The first-order valence-corrected chi connectivity index (χ1v) is 6.04. The molecule has 2 rings (SSSR count). The number of benzene rings is 1. The molecule has 88 valence electrons. The maximum Gasteiger partial charge on any atom is 0.0594 e. The van der Waals surface area contributed by atoms with E-state index in [9.17, 15) is 0 Å². The third-order valence-electron chi connectivity index (χ3n) is 3.81. The topological polar surface area (TPSA) is 35.2 Å². The molecule has 3 unspecified atom stereocenters. The molecule has 1 aliphatic rings. The summed E-state index contributed by atoms with van der Waals surface area (Å²) in [5.74, 6) is 0.460. The van der Waals surface area contributed by atoms with Crippen LogP contribution in [-0.4, -0.2) is 12.7 Å². The number of hydrogen-bond acceptors (Lipinski definition) is 2. The van der Waals surface area contributed by atoms with E-state index in [1.54, 1.807) is 0 Å². The molecular weight excluding hydrogens is 198 g/mol. The van der Waals surface area contributed by atoms with Gasteiger partial charge in [0.25, 0.3) is 0 Å². The minimum absolute atomic E-state index is 0.108. The lowest BCUT2D eigenvalue weighted by atomic mass is 9.88. The Bertz CT molecular complexity index is 375. The van der Waals surface area contributed by atoms with Crippen molar-refractivity contribution in [2.75, 3.05) is 6.61 Å². The van der Waals surface area contributed by atoms with Crippen LogP contribution in [0.5, 0.6) is 0 Å². The van der Waals surface area contributed by atoms with E-state index < -0.39 is 0 Å². The second-order valence-electron chi connectivity index (χ2n) is 4.90. The smallest absolute Gasteiger partial charge is 0.0594 e. The molecule has 0 amide bonds. The van der Waals surface area contributed by atoms with E-state index in [2.05, 4.69) is 39.0 Å². The highest BCUT2D eigenvalue weighted by atomic mass is 16.5. The molecule has 0 saturated carbocycles. The highest BCUT2D eigenvalue weighted by Gasteiger charge is 2.30. The molecular formula is C14H21NO. The Morgan fingerprint density at radius 2 is 2.06 bits per heavy atom. The average molecular weight is 219 g/mol. The van der Waals surface area contributed by atoms with Crippen LogP contribution in [0.3, 0.4) is 0 Å². The molecule has 0 aliphatic carbocycles. The molecule has 1 aromatic rings. The molecule has 1 fully saturated rings. The van der Waals surface area contributed by atoms with Crippen LogP contribution in [-0.2, 0) is 4.74 Å². The maximum atomic E-state index is 6.33. The van der Waals surface area contributed by atoms with Gasteiger partial charge < -0.3 is 10.5 Å². The van der Waals surface area contributed by atoms with Crippen LogP contribution in [0.15, 0.2) is 18.2 Å². The third-order valence-corrected chi connectivity index (χ3v) is 3.81. The predicted octanol–water partition coefficient (Wildman–Crippen LogP) is 2.73. The van der Waals surface area contributed by atoms with Crippen LogP contribution in [0.4, 0.5) is 0 Å². The molecule has 0 aromatic heterocycles. The minimum atomic E-state index is 0.108. The zero-order valence-corrected chi connectivity index (χ0v) is 10.4. The number of aryl methyl sites for hydroxylation is 2. The molecule has 1 heterocycles. The first kappa shape index (κ1) is 11.6. The molecule has 2 heteroatoms. The number of ether oxygens (including phenoxy) is 1. The molecule has 1 saturated heterocycles. The Labute approximate surface area is 97.8 Å². The summed E-state index contributed by atoms with van der Waals surface area (Å²) in [6, 6.07) is 6.63. The van der Waals surface area contributed by atoms with E-state index in [0.717, 1.165) is 13.0 Å². The summed E-state index contributed by atoms with van der Waals surface area (Å²) in [4.78, 5) is 0.